The van der Waals surface area contributed by atoms with E-state index in [2.05, 4.69) is 24.8 Å². The lowest BCUT2D eigenvalue weighted by molar-refractivity contribution is 0.826. The number of hydrogen-bond acceptors (Lipinski definition) is 5. The van der Waals surface area contributed by atoms with Crippen LogP contribution in [-0.2, 0) is 0 Å². The molecule has 0 bridgehead atoms. The molecule has 0 N–H and O–H groups in total. The Balaban J connectivity index is 2.04. The van der Waals surface area contributed by atoms with Gasteiger partial charge in [0.25, 0.3) is 0 Å². The number of rotatable bonds is 2. The zero-order valence-corrected chi connectivity index (χ0v) is 11.7. The summed E-state index contributed by atoms with van der Waals surface area (Å²) in [4.78, 5) is 19.3. The van der Waals surface area contributed by atoms with Crippen molar-refractivity contribution in [3.05, 3.63) is 23.0 Å². The van der Waals surface area contributed by atoms with Crippen molar-refractivity contribution in [3.63, 3.8) is 0 Å². The van der Waals surface area contributed by atoms with E-state index in [1.54, 1.807) is 6.33 Å². The Morgan fingerprint density at radius 2 is 1.74 bits per heavy atom. The number of nitrogens with zero attached hydrogens (tertiary/aromatic N) is 6. The van der Waals surface area contributed by atoms with Crippen LogP contribution in [0.15, 0.2) is 6.33 Å². The van der Waals surface area contributed by atoms with Crippen molar-refractivity contribution < 1.29 is 0 Å². The van der Waals surface area contributed by atoms with Crippen LogP contribution in [0.3, 0.4) is 0 Å². The van der Waals surface area contributed by atoms with Gasteiger partial charge in [0.05, 0.1) is 5.69 Å². The van der Waals surface area contributed by atoms with E-state index in [0.717, 1.165) is 24.5 Å². The number of aromatic nitrogens is 5. The molecular weight excluding hydrogens is 264 g/mol. The molecule has 1 saturated heterocycles. The number of hydrogen-bond donors (Lipinski definition) is 0. The van der Waals surface area contributed by atoms with Crippen molar-refractivity contribution in [1.82, 2.24) is 24.5 Å². The highest BCUT2D eigenvalue weighted by Gasteiger charge is 2.18. The topological polar surface area (TPSA) is 59.7 Å². The molecule has 7 heteroatoms. The van der Waals surface area contributed by atoms with Gasteiger partial charge in [0.2, 0.25) is 17.2 Å². The maximum atomic E-state index is 6.01. The van der Waals surface area contributed by atoms with E-state index in [0.29, 0.717) is 11.9 Å². The third kappa shape index (κ3) is 2.28. The lowest BCUT2D eigenvalue weighted by Crippen LogP contribution is -2.21. The van der Waals surface area contributed by atoms with Crippen LogP contribution >= 0.6 is 11.6 Å². The molecule has 1 aliphatic heterocycles. The molecular formula is C12H15ClN6. The first kappa shape index (κ1) is 12.3. The van der Waals surface area contributed by atoms with Gasteiger partial charge >= 0.3 is 0 Å². The lowest BCUT2D eigenvalue weighted by atomic mass is 10.4. The summed E-state index contributed by atoms with van der Waals surface area (Å²) in [7, 11) is 0. The van der Waals surface area contributed by atoms with Gasteiger partial charge in [-0.1, -0.05) is 0 Å². The fourth-order valence-corrected chi connectivity index (χ4v) is 2.35. The third-order valence-corrected chi connectivity index (χ3v) is 3.61. The zero-order valence-electron chi connectivity index (χ0n) is 11.0. The molecule has 3 rings (SSSR count). The van der Waals surface area contributed by atoms with Crippen LogP contribution in [0.5, 0.6) is 0 Å². The van der Waals surface area contributed by atoms with E-state index in [-0.39, 0.29) is 5.28 Å². The summed E-state index contributed by atoms with van der Waals surface area (Å²) in [6.07, 6.45) is 4.05. The Kier molecular flexibility index (Phi) is 3.10. The van der Waals surface area contributed by atoms with Gasteiger partial charge in [0.15, 0.2) is 0 Å². The summed E-state index contributed by atoms with van der Waals surface area (Å²) in [5.41, 5.74) is 1.97. The normalized spacial score (nSPS) is 15.2. The van der Waals surface area contributed by atoms with E-state index < -0.39 is 0 Å². The van der Waals surface area contributed by atoms with E-state index in [1.165, 1.54) is 12.8 Å². The van der Waals surface area contributed by atoms with Crippen LogP contribution in [-0.4, -0.2) is 37.6 Å². The lowest BCUT2D eigenvalue weighted by Gasteiger charge is -2.15. The molecule has 100 valence electrons. The van der Waals surface area contributed by atoms with Crippen LogP contribution in [0.1, 0.15) is 24.2 Å². The molecule has 0 spiro atoms. The molecule has 0 atom stereocenters. The molecule has 19 heavy (non-hydrogen) atoms. The number of aryl methyl sites for hydroxylation is 1. The van der Waals surface area contributed by atoms with Gasteiger partial charge in [0.1, 0.15) is 6.33 Å². The first-order valence-electron chi connectivity index (χ1n) is 6.32. The van der Waals surface area contributed by atoms with E-state index in [4.69, 9.17) is 11.6 Å². The Hall–Kier alpha value is -1.69. The van der Waals surface area contributed by atoms with Crippen LogP contribution in [0.4, 0.5) is 5.95 Å². The summed E-state index contributed by atoms with van der Waals surface area (Å²) in [6.45, 7) is 5.88. The van der Waals surface area contributed by atoms with E-state index in [1.807, 2.05) is 18.4 Å². The average Bonchev–Trinajstić information content (AvgIpc) is 3.01. The molecule has 2 aromatic heterocycles. The predicted octanol–water partition coefficient (Wildman–Crippen LogP) is 1.93. The standard InChI is InChI=1S/C12H15ClN6/c1-8-9(2)19(7-14-8)12-16-10(13)15-11(17-12)18-5-3-4-6-18/h7H,3-6H2,1-2H3. The minimum atomic E-state index is 0.220. The summed E-state index contributed by atoms with van der Waals surface area (Å²) in [6, 6.07) is 0. The van der Waals surface area contributed by atoms with Gasteiger partial charge in [-0.15, -0.1) is 0 Å². The molecule has 0 amide bonds. The molecule has 6 nitrogen and oxygen atoms in total. The van der Waals surface area contributed by atoms with E-state index in [9.17, 15) is 0 Å². The molecule has 0 radical (unpaired) electrons. The summed E-state index contributed by atoms with van der Waals surface area (Å²) in [5, 5.41) is 0.220. The van der Waals surface area contributed by atoms with Crippen molar-refractivity contribution in [2.24, 2.45) is 0 Å². The van der Waals surface area contributed by atoms with Crippen molar-refractivity contribution in [1.29, 1.82) is 0 Å². The summed E-state index contributed by atoms with van der Waals surface area (Å²) < 4.78 is 1.84. The Labute approximate surface area is 116 Å². The Morgan fingerprint density at radius 1 is 1.05 bits per heavy atom. The minimum absolute atomic E-state index is 0.220. The number of anilines is 1. The summed E-state index contributed by atoms with van der Waals surface area (Å²) in [5.74, 6) is 1.18. The maximum Gasteiger partial charge on any atom is 0.241 e. The van der Waals surface area contributed by atoms with Gasteiger partial charge in [-0.2, -0.15) is 15.0 Å². The van der Waals surface area contributed by atoms with Crippen LogP contribution in [0.2, 0.25) is 5.28 Å². The second-order valence-corrected chi connectivity index (χ2v) is 5.02. The SMILES string of the molecule is Cc1ncn(-c2nc(Cl)nc(N3CCCC3)n2)c1C. The zero-order chi connectivity index (χ0) is 13.4. The Bertz CT molecular complexity index is 602. The van der Waals surface area contributed by atoms with Crippen LogP contribution < -0.4 is 4.90 Å². The first-order chi connectivity index (χ1) is 9.15. The van der Waals surface area contributed by atoms with Gasteiger partial charge in [-0.05, 0) is 38.3 Å². The largest absolute Gasteiger partial charge is 0.341 e. The van der Waals surface area contributed by atoms with Crippen molar-refractivity contribution >= 4 is 17.5 Å². The van der Waals surface area contributed by atoms with Gasteiger partial charge in [0, 0.05) is 18.8 Å². The predicted molar refractivity (Wildman–Crippen MR) is 72.9 cm³/mol. The molecule has 0 unspecified atom stereocenters. The smallest absolute Gasteiger partial charge is 0.241 e. The quantitative estimate of drug-likeness (QED) is 0.840. The van der Waals surface area contributed by atoms with Crippen molar-refractivity contribution in [2.45, 2.75) is 26.7 Å². The van der Waals surface area contributed by atoms with Gasteiger partial charge in [-0.25, -0.2) is 4.98 Å². The molecule has 0 saturated carbocycles. The fourth-order valence-electron chi connectivity index (χ4n) is 2.20. The second kappa shape index (κ2) is 4.77. The van der Waals surface area contributed by atoms with Gasteiger partial charge in [-0.3, -0.25) is 4.57 Å². The number of imidazole rings is 1. The number of halogens is 1. The highest BCUT2D eigenvalue weighted by molar-refractivity contribution is 6.28. The third-order valence-electron chi connectivity index (χ3n) is 3.44. The molecule has 0 aliphatic carbocycles. The second-order valence-electron chi connectivity index (χ2n) is 4.68. The molecule has 2 aromatic rings. The van der Waals surface area contributed by atoms with Crippen molar-refractivity contribution in [3.8, 4) is 5.95 Å². The monoisotopic (exact) mass is 278 g/mol. The fraction of sp³-hybridized carbons (Fsp3) is 0.500. The average molecular weight is 279 g/mol. The highest BCUT2D eigenvalue weighted by Crippen LogP contribution is 2.19. The molecule has 0 aromatic carbocycles. The maximum absolute atomic E-state index is 6.01. The van der Waals surface area contributed by atoms with Crippen LogP contribution in [0.25, 0.3) is 5.95 Å². The molecule has 1 fully saturated rings. The summed E-state index contributed by atoms with van der Waals surface area (Å²) >= 11 is 6.01. The molecule has 3 heterocycles. The first-order valence-corrected chi connectivity index (χ1v) is 6.70. The Morgan fingerprint density at radius 3 is 2.37 bits per heavy atom. The van der Waals surface area contributed by atoms with E-state index >= 15 is 0 Å². The molecule has 1 aliphatic rings. The highest BCUT2D eigenvalue weighted by atomic mass is 35.5. The van der Waals surface area contributed by atoms with Crippen molar-refractivity contribution in [2.75, 3.05) is 18.0 Å². The minimum Gasteiger partial charge on any atom is -0.341 e. The van der Waals surface area contributed by atoms with Crippen LogP contribution in [0, 0.1) is 13.8 Å². The van der Waals surface area contributed by atoms with Gasteiger partial charge < -0.3 is 4.90 Å².